The van der Waals surface area contributed by atoms with Gasteiger partial charge in [0.25, 0.3) is 5.91 Å². The van der Waals surface area contributed by atoms with Crippen molar-refractivity contribution >= 4 is 39.2 Å². The highest BCUT2D eigenvalue weighted by Gasteiger charge is 2.18. The third-order valence-corrected chi connectivity index (χ3v) is 4.97. The number of aromatic nitrogens is 2. The van der Waals surface area contributed by atoms with E-state index in [1.807, 2.05) is 36.4 Å². The summed E-state index contributed by atoms with van der Waals surface area (Å²) in [6.07, 6.45) is 0. The van der Waals surface area contributed by atoms with Crippen LogP contribution in [0.15, 0.2) is 59.1 Å². The molecule has 2 heterocycles. The molecule has 0 saturated heterocycles. The molecule has 8 heteroatoms. The van der Waals surface area contributed by atoms with Gasteiger partial charge in [-0.3, -0.25) is 4.79 Å². The van der Waals surface area contributed by atoms with Crippen LogP contribution in [0, 0.1) is 6.92 Å². The Kier molecular flexibility index (Phi) is 4.86. The lowest BCUT2D eigenvalue weighted by Crippen LogP contribution is -2.21. The molecule has 0 radical (unpaired) electrons. The zero-order valence-electron chi connectivity index (χ0n) is 14.8. The Hall–Kier alpha value is -3.52. The Morgan fingerprint density at radius 3 is 2.71 bits per heavy atom. The third-order valence-electron chi connectivity index (χ3n) is 3.90. The number of carbonyl (C=O) groups is 2. The highest BCUT2D eigenvalue weighted by atomic mass is 32.1. The van der Waals surface area contributed by atoms with Gasteiger partial charge < -0.3 is 14.6 Å². The van der Waals surface area contributed by atoms with Crippen molar-refractivity contribution in [2.75, 3.05) is 11.9 Å². The normalized spacial score (nSPS) is 10.8. The van der Waals surface area contributed by atoms with Crippen LogP contribution in [-0.4, -0.2) is 28.6 Å². The van der Waals surface area contributed by atoms with Crippen molar-refractivity contribution in [2.24, 2.45) is 0 Å². The van der Waals surface area contributed by atoms with Gasteiger partial charge in [-0.05, 0) is 25.1 Å². The van der Waals surface area contributed by atoms with Gasteiger partial charge in [-0.25, -0.2) is 9.78 Å². The van der Waals surface area contributed by atoms with E-state index in [1.165, 1.54) is 11.3 Å². The molecule has 0 saturated carbocycles. The highest BCUT2D eigenvalue weighted by Crippen LogP contribution is 2.32. The van der Waals surface area contributed by atoms with Crippen molar-refractivity contribution in [1.29, 1.82) is 0 Å². The first-order valence-electron chi connectivity index (χ1n) is 8.45. The molecule has 0 fully saturated rings. The van der Waals surface area contributed by atoms with Gasteiger partial charge in [0.1, 0.15) is 10.8 Å². The summed E-state index contributed by atoms with van der Waals surface area (Å²) in [5, 5.41) is 6.88. The molecule has 4 rings (SSSR count). The van der Waals surface area contributed by atoms with E-state index in [2.05, 4.69) is 15.5 Å². The number of benzene rings is 2. The summed E-state index contributed by atoms with van der Waals surface area (Å²) in [7, 11) is 0. The SMILES string of the molecule is Cc1cc(NC(=O)COC(=O)c2ccccc2-c2nc3ccccc3s2)no1. The smallest absolute Gasteiger partial charge is 0.339 e. The number of aryl methyl sites for hydroxylation is 1. The number of para-hydroxylation sites is 1. The van der Waals surface area contributed by atoms with Crippen LogP contribution < -0.4 is 5.32 Å². The first-order valence-corrected chi connectivity index (χ1v) is 9.27. The van der Waals surface area contributed by atoms with Crippen LogP contribution in [0.4, 0.5) is 5.82 Å². The number of thiazole rings is 1. The van der Waals surface area contributed by atoms with Gasteiger partial charge in [0, 0.05) is 11.6 Å². The lowest BCUT2D eigenvalue weighted by atomic mass is 10.1. The van der Waals surface area contributed by atoms with Gasteiger partial charge in [-0.15, -0.1) is 11.3 Å². The number of nitrogens with one attached hydrogen (secondary N) is 1. The Morgan fingerprint density at radius 2 is 1.93 bits per heavy atom. The first-order chi connectivity index (χ1) is 13.6. The topological polar surface area (TPSA) is 94.3 Å². The predicted molar refractivity (Wildman–Crippen MR) is 105 cm³/mol. The van der Waals surface area contributed by atoms with Gasteiger partial charge in [-0.1, -0.05) is 35.5 Å². The predicted octanol–water partition coefficient (Wildman–Crippen LogP) is 4.06. The minimum absolute atomic E-state index is 0.272. The summed E-state index contributed by atoms with van der Waals surface area (Å²) in [5.41, 5.74) is 1.89. The maximum atomic E-state index is 12.6. The van der Waals surface area contributed by atoms with E-state index in [4.69, 9.17) is 9.26 Å². The molecule has 0 aliphatic rings. The van der Waals surface area contributed by atoms with E-state index in [-0.39, 0.29) is 5.82 Å². The number of carbonyl (C=O) groups excluding carboxylic acids is 2. The fraction of sp³-hybridized carbons (Fsp3) is 0.100. The van der Waals surface area contributed by atoms with Crippen LogP contribution in [0.25, 0.3) is 20.8 Å². The minimum Gasteiger partial charge on any atom is -0.452 e. The van der Waals surface area contributed by atoms with Crippen molar-refractivity contribution in [3.8, 4) is 10.6 Å². The second kappa shape index (κ2) is 7.61. The molecule has 28 heavy (non-hydrogen) atoms. The van der Waals surface area contributed by atoms with Crippen molar-refractivity contribution in [1.82, 2.24) is 10.1 Å². The lowest BCUT2D eigenvalue weighted by molar-refractivity contribution is -0.119. The maximum Gasteiger partial charge on any atom is 0.339 e. The fourth-order valence-corrected chi connectivity index (χ4v) is 3.65. The largest absolute Gasteiger partial charge is 0.452 e. The van der Waals surface area contributed by atoms with Crippen LogP contribution in [0.5, 0.6) is 0 Å². The van der Waals surface area contributed by atoms with Crippen LogP contribution in [0.3, 0.4) is 0 Å². The van der Waals surface area contributed by atoms with Crippen LogP contribution in [0.1, 0.15) is 16.1 Å². The van der Waals surface area contributed by atoms with Gasteiger partial charge in [-0.2, -0.15) is 0 Å². The Balaban J connectivity index is 1.49. The highest BCUT2D eigenvalue weighted by molar-refractivity contribution is 7.21. The molecule has 0 aliphatic heterocycles. The van der Waals surface area contributed by atoms with E-state index in [1.54, 1.807) is 25.1 Å². The number of hydrogen-bond acceptors (Lipinski definition) is 7. The average molecular weight is 393 g/mol. The molecule has 140 valence electrons. The monoisotopic (exact) mass is 393 g/mol. The van der Waals surface area contributed by atoms with Crippen LogP contribution >= 0.6 is 11.3 Å². The molecule has 0 spiro atoms. The molecule has 0 bridgehead atoms. The summed E-state index contributed by atoms with van der Waals surface area (Å²) in [6, 6.07) is 16.4. The second-order valence-corrected chi connectivity index (χ2v) is 7.01. The molecule has 0 aliphatic carbocycles. The van der Waals surface area contributed by atoms with E-state index in [9.17, 15) is 9.59 Å². The van der Waals surface area contributed by atoms with Crippen LogP contribution in [0.2, 0.25) is 0 Å². The quantitative estimate of drug-likeness (QED) is 0.514. The number of fused-ring (bicyclic) bond motifs is 1. The Morgan fingerprint density at radius 1 is 1.14 bits per heavy atom. The molecule has 7 nitrogen and oxygen atoms in total. The van der Waals surface area contributed by atoms with E-state index in [0.29, 0.717) is 16.9 Å². The molecule has 4 aromatic rings. The molecule has 0 unspecified atom stereocenters. The summed E-state index contributed by atoms with van der Waals surface area (Å²) in [4.78, 5) is 29.1. The second-order valence-electron chi connectivity index (χ2n) is 5.98. The number of amides is 1. The maximum absolute atomic E-state index is 12.6. The van der Waals surface area contributed by atoms with E-state index < -0.39 is 18.5 Å². The van der Waals surface area contributed by atoms with Gasteiger partial charge in [0.05, 0.1) is 15.8 Å². The van der Waals surface area contributed by atoms with Crippen LogP contribution in [-0.2, 0) is 9.53 Å². The molecule has 2 aromatic carbocycles. The number of ether oxygens (including phenoxy) is 1. The van der Waals surface area contributed by atoms with Gasteiger partial charge in [0.2, 0.25) is 0 Å². The van der Waals surface area contributed by atoms with E-state index in [0.717, 1.165) is 15.2 Å². The number of nitrogens with zero attached hydrogens (tertiary/aromatic N) is 2. The van der Waals surface area contributed by atoms with Gasteiger partial charge in [0.15, 0.2) is 12.4 Å². The van der Waals surface area contributed by atoms with Crippen molar-refractivity contribution in [3.63, 3.8) is 0 Å². The summed E-state index contributed by atoms with van der Waals surface area (Å²) < 4.78 is 11.1. The van der Waals surface area contributed by atoms with E-state index >= 15 is 0 Å². The Bertz CT molecular complexity index is 1130. The average Bonchev–Trinajstić information content (AvgIpc) is 3.32. The van der Waals surface area contributed by atoms with Gasteiger partial charge >= 0.3 is 5.97 Å². The third kappa shape index (κ3) is 3.77. The molecular formula is C20H15N3O4S. The number of esters is 1. The number of anilines is 1. The molecular weight excluding hydrogens is 378 g/mol. The zero-order chi connectivity index (χ0) is 19.5. The standard InChI is InChI=1S/C20H15N3O4S/c1-12-10-17(23-27-12)22-18(24)11-26-20(25)14-7-3-2-6-13(14)19-21-15-8-4-5-9-16(15)28-19/h2-10H,11H2,1H3,(H,22,23,24). The number of rotatable bonds is 5. The first kappa shape index (κ1) is 17.9. The fourth-order valence-electron chi connectivity index (χ4n) is 2.65. The summed E-state index contributed by atoms with van der Waals surface area (Å²) in [5.74, 6) is -0.258. The molecule has 0 atom stereocenters. The minimum atomic E-state index is -0.596. The van der Waals surface area contributed by atoms with Crippen molar-refractivity contribution in [2.45, 2.75) is 6.92 Å². The summed E-state index contributed by atoms with van der Waals surface area (Å²) >= 11 is 1.49. The molecule has 2 aromatic heterocycles. The lowest BCUT2D eigenvalue weighted by Gasteiger charge is -2.07. The molecule has 1 N–H and O–H groups in total. The Labute approximate surface area is 163 Å². The summed E-state index contributed by atoms with van der Waals surface area (Å²) in [6.45, 7) is 1.28. The number of hydrogen-bond donors (Lipinski definition) is 1. The zero-order valence-corrected chi connectivity index (χ0v) is 15.7. The molecule has 1 amide bonds. The van der Waals surface area contributed by atoms with Crippen molar-refractivity contribution < 1.29 is 18.8 Å². The van der Waals surface area contributed by atoms with Crippen molar-refractivity contribution in [3.05, 3.63) is 65.9 Å².